The number of benzene rings is 1. The van der Waals surface area contributed by atoms with E-state index in [0.29, 0.717) is 23.7 Å². The zero-order chi connectivity index (χ0) is 22.0. The molecule has 0 bridgehead atoms. The van der Waals surface area contributed by atoms with Gasteiger partial charge in [-0.1, -0.05) is 12.5 Å². The molecule has 1 aliphatic heterocycles. The molecule has 1 aromatic carbocycles. The van der Waals surface area contributed by atoms with Gasteiger partial charge in [0.25, 0.3) is 21.7 Å². The predicted octanol–water partition coefficient (Wildman–Crippen LogP) is 2.28. The van der Waals surface area contributed by atoms with Gasteiger partial charge in [-0.05, 0) is 44.0 Å². The van der Waals surface area contributed by atoms with Gasteiger partial charge in [-0.15, -0.1) is 9.50 Å². The summed E-state index contributed by atoms with van der Waals surface area (Å²) in [6.07, 6.45) is 5.19. The molecule has 31 heavy (non-hydrogen) atoms. The number of nitrogens with zero attached hydrogens (tertiary/aromatic N) is 6. The van der Waals surface area contributed by atoms with E-state index in [1.807, 2.05) is 18.9 Å². The van der Waals surface area contributed by atoms with Crippen molar-refractivity contribution in [2.45, 2.75) is 37.5 Å². The van der Waals surface area contributed by atoms with Gasteiger partial charge in [0, 0.05) is 37.6 Å². The molecule has 1 fully saturated rings. The lowest BCUT2D eigenvalue weighted by molar-refractivity contribution is 0.101. The summed E-state index contributed by atoms with van der Waals surface area (Å²) >= 11 is 0. The lowest BCUT2D eigenvalue weighted by Crippen LogP contribution is -2.26. The van der Waals surface area contributed by atoms with E-state index >= 15 is 0 Å². The highest BCUT2D eigenvalue weighted by Gasteiger charge is 2.20. The summed E-state index contributed by atoms with van der Waals surface area (Å²) in [6.45, 7) is 2.61. The molecule has 0 saturated carbocycles. The Hall–Kier alpha value is -3.34. The van der Waals surface area contributed by atoms with Crippen LogP contribution in [0.1, 0.15) is 42.0 Å². The van der Waals surface area contributed by atoms with Crippen molar-refractivity contribution in [1.82, 2.24) is 24.5 Å². The van der Waals surface area contributed by atoms with E-state index in [-0.39, 0.29) is 10.7 Å². The molecular formula is C20H23N7O3S. The number of carbonyl (C=O) groups excluding carboxylic acids is 1. The number of likely N-dealkylation sites (tertiary alicyclic amines) is 1. The second-order valence-electron chi connectivity index (χ2n) is 7.43. The zero-order valence-corrected chi connectivity index (χ0v) is 18.1. The molecule has 0 unspecified atom stereocenters. The maximum atomic E-state index is 12.9. The van der Waals surface area contributed by atoms with Crippen LogP contribution in [0.5, 0.6) is 0 Å². The van der Waals surface area contributed by atoms with Gasteiger partial charge in [-0.25, -0.2) is 9.50 Å². The second-order valence-corrected chi connectivity index (χ2v) is 9.03. The van der Waals surface area contributed by atoms with E-state index in [2.05, 4.69) is 24.8 Å². The number of aromatic nitrogens is 4. The number of rotatable bonds is 4. The summed E-state index contributed by atoms with van der Waals surface area (Å²) in [7, 11) is -2.05. The Morgan fingerprint density at radius 3 is 2.84 bits per heavy atom. The standard InChI is InChI=1S/C20H23N7O3S/c1-14-10-11-21-20-23-18(24-27(14)20)19(28)22-15-7-6-8-16(13-15)31(29,30)25-17-9-4-3-5-12-26(17)2/h6-8,10-11,13H,3-5,9,12H2,1-2H3,(H,22,28)/b25-17-. The minimum Gasteiger partial charge on any atom is -0.362 e. The van der Waals surface area contributed by atoms with Crippen molar-refractivity contribution in [1.29, 1.82) is 0 Å². The molecule has 0 radical (unpaired) electrons. The summed E-state index contributed by atoms with van der Waals surface area (Å²) in [5.74, 6) is 0.248. The van der Waals surface area contributed by atoms with Gasteiger partial charge in [-0.2, -0.15) is 13.4 Å². The first-order chi connectivity index (χ1) is 14.8. The predicted molar refractivity (Wildman–Crippen MR) is 116 cm³/mol. The van der Waals surface area contributed by atoms with Crippen LogP contribution in [0.3, 0.4) is 0 Å². The van der Waals surface area contributed by atoms with Gasteiger partial charge in [0.1, 0.15) is 5.84 Å². The first-order valence-electron chi connectivity index (χ1n) is 9.98. The van der Waals surface area contributed by atoms with Crippen LogP contribution in [-0.4, -0.2) is 58.2 Å². The highest BCUT2D eigenvalue weighted by Crippen LogP contribution is 2.20. The van der Waals surface area contributed by atoms with E-state index in [9.17, 15) is 13.2 Å². The Balaban J connectivity index is 1.57. The number of hydrogen-bond acceptors (Lipinski definition) is 6. The molecule has 11 heteroatoms. The Labute approximate surface area is 180 Å². The molecule has 10 nitrogen and oxygen atoms in total. The minimum absolute atomic E-state index is 0.0101. The third-order valence-electron chi connectivity index (χ3n) is 5.08. The van der Waals surface area contributed by atoms with Crippen LogP contribution in [-0.2, 0) is 10.0 Å². The van der Waals surface area contributed by atoms with Crippen LogP contribution in [0, 0.1) is 6.92 Å². The van der Waals surface area contributed by atoms with Crippen molar-refractivity contribution in [2.24, 2.45) is 4.40 Å². The maximum Gasteiger partial charge on any atom is 0.295 e. The number of sulfonamides is 1. The number of amides is 1. The first-order valence-corrected chi connectivity index (χ1v) is 11.4. The molecule has 0 atom stereocenters. The average Bonchev–Trinajstić information content (AvgIpc) is 3.09. The van der Waals surface area contributed by atoms with Crippen molar-refractivity contribution in [3.63, 3.8) is 0 Å². The molecule has 1 aliphatic rings. The monoisotopic (exact) mass is 441 g/mol. The van der Waals surface area contributed by atoms with Crippen molar-refractivity contribution in [2.75, 3.05) is 18.9 Å². The highest BCUT2D eigenvalue weighted by atomic mass is 32.2. The van der Waals surface area contributed by atoms with Crippen LogP contribution in [0.25, 0.3) is 5.78 Å². The Morgan fingerprint density at radius 1 is 1.19 bits per heavy atom. The van der Waals surface area contributed by atoms with Crippen molar-refractivity contribution < 1.29 is 13.2 Å². The summed E-state index contributed by atoms with van der Waals surface area (Å²) in [4.78, 5) is 22.7. The maximum absolute atomic E-state index is 12.9. The highest BCUT2D eigenvalue weighted by molar-refractivity contribution is 7.90. The number of aryl methyl sites for hydroxylation is 1. The molecular weight excluding hydrogens is 418 g/mol. The number of anilines is 1. The van der Waals surface area contributed by atoms with Crippen molar-refractivity contribution in [3.05, 3.63) is 48.0 Å². The van der Waals surface area contributed by atoms with Crippen LogP contribution >= 0.6 is 0 Å². The Kier molecular flexibility index (Phi) is 5.68. The van der Waals surface area contributed by atoms with Crippen molar-refractivity contribution >= 4 is 33.2 Å². The molecule has 1 saturated heterocycles. The Bertz CT molecular complexity index is 1270. The van der Waals surface area contributed by atoms with Crippen LogP contribution in [0.15, 0.2) is 45.8 Å². The van der Waals surface area contributed by atoms with E-state index in [1.165, 1.54) is 16.6 Å². The lowest BCUT2D eigenvalue weighted by atomic mass is 10.2. The number of nitrogens with one attached hydrogen (secondary N) is 1. The van der Waals surface area contributed by atoms with E-state index in [1.54, 1.807) is 24.4 Å². The summed E-state index contributed by atoms with van der Waals surface area (Å²) in [5, 5.41) is 6.80. The van der Waals surface area contributed by atoms with Crippen LogP contribution in [0.4, 0.5) is 5.69 Å². The van der Waals surface area contributed by atoms with Gasteiger partial charge in [-0.3, -0.25) is 4.79 Å². The van der Waals surface area contributed by atoms with Gasteiger partial charge >= 0.3 is 0 Å². The van der Waals surface area contributed by atoms with Crippen LogP contribution < -0.4 is 5.32 Å². The van der Waals surface area contributed by atoms with Gasteiger partial charge < -0.3 is 10.2 Å². The largest absolute Gasteiger partial charge is 0.362 e. The smallest absolute Gasteiger partial charge is 0.295 e. The topological polar surface area (TPSA) is 122 Å². The second kappa shape index (κ2) is 8.42. The molecule has 0 spiro atoms. The van der Waals surface area contributed by atoms with Gasteiger partial charge in [0.15, 0.2) is 0 Å². The fourth-order valence-electron chi connectivity index (χ4n) is 3.36. The fourth-order valence-corrected chi connectivity index (χ4v) is 4.50. The van der Waals surface area contributed by atoms with Crippen LogP contribution in [0.2, 0.25) is 0 Å². The van der Waals surface area contributed by atoms with E-state index in [4.69, 9.17) is 0 Å². The molecule has 162 valence electrons. The van der Waals surface area contributed by atoms with E-state index < -0.39 is 15.9 Å². The molecule has 2 aromatic heterocycles. The molecule has 1 N–H and O–H groups in total. The van der Waals surface area contributed by atoms with Gasteiger partial charge in [0.05, 0.1) is 4.90 Å². The fraction of sp³-hybridized carbons (Fsp3) is 0.350. The molecule has 3 heterocycles. The molecule has 1 amide bonds. The summed E-state index contributed by atoms with van der Waals surface area (Å²) in [5.41, 5.74) is 1.09. The number of carbonyl (C=O) groups is 1. The lowest BCUT2D eigenvalue weighted by Gasteiger charge is -2.17. The molecule has 0 aliphatic carbocycles. The minimum atomic E-state index is -3.91. The third kappa shape index (κ3) is 4.55. The summed E-state index contributed by atoms with van der Waals surface area (Å²) < 4.78 is 31.2. The first kappa shape index (κ1) is 20.9. The molecule has 4 rings (SSSR count). The third-order valence-corrected chi connectivity index (χ3v) is 6.38. The quantitative estimate of drug-likeness (QED) is 0.659. The normalized spacial score (nSPS) is 16.5. The Morgan fingerprint density at radius 2 is 2.03 bits per heavy atom. The van der Waals surface area contributed by atoms with Crippen molar-refractivity contribution in [3.8, 4) is 0 Å². The SMILES string of the molecule is Cc1ccnc2nc(C(=O)Nc3cccc(S(=O)(=O)/N=C4/CCCCCN4C)c3)nn12. The average molecular weight is 442 g/mol. The number of amidine groups is 1. The van der Waals surface area contributed by atoms with Gasteiger partial charge in [0.2, 0.25) is 5.82 Å². The molecule has 3 aromatic rings. The number of fused-ring (bicyclic) bond motifs is 1. The summed E-state index contributed by atoms with van der Waals surface area (Å²) in [6, 6.07) is 7.75. The van der Waals surface area contributed by atoms with E-state index in [0.717, 1.165) is 31.5 Å². The number of hydrogen-bond donors (Lipinski definition) is 1. The zero-order valence-electron chi connectivity index (χ0n) is 17.3.